The van der Waals surface area contributed by atoms with Crippen LogP contribution in [0.25, 0.3) is 16.0 Å². The van der Waals surface area contributed by atoms with Crippen molar-refractivity contribution in [2.45, 2.75) is 79.3 Å². The quantitative estimate of drug-likeness (QED) is 0.238. The van der Waals surface area contributed by atoms with E-state index >= 15 is 0 Å². The predicted octanol–water partition coefficient (Wildman–Crippen LogP) is 3.94. The zero-order valence-corrected chi connectivity index (χ0v) is 23.5. The van der Waals surface area contributed by atoms with Crippen molar-refractivity contribution in [3.63, 3.8) is 0 Å². The van der Waals surface area contributed by atoms with Crippen molar-refractivity contribution < 1.29 is 18.6 Å². The van der Waals surface area contributed by atoms with Gasteiger partial charge in [-0.2, -0.15) is 4.98 Å². The molecule has 2 N–H and O–H groups in total. The van der Waals surface area contributed by atoms with Crippen LogP contribution in [0.5, 0.6) is 0 Å². The third-order valence-electron chi connectivity index (χ3n) is 6.05. The summed E-state index contributed by atoms with van der Waals surface area (Å²) in [5.74, 6) is -0.267. The van der Waals surface area contributed by atoms with E-state index in [1.165, 1.54) is 0 Å². The number of rotatable bonds is 12. The monoisotopic (exact) mass is 535 g/mol. The van der Waals surface area contributed by atoms with Crippen molar-refractivity contribution >= 4 is 31.5 Å². The Labute approximate surface area is 218 Å². The molecule has 1 aliphatic heterocycles. The molecule has 1 aliphatic rings. The van der Waals surface area contributed by atoms with Gasteiger partial charge in [-0.1, -0.05) is 20.8 Å². The van der Waals surface area contributed by atoms with Crippen LogP contribution in [0, 0.1) is 18.4 Å². The van der Waals surface area contributed by atoms with Crippen molar-refractivity contribution in [3.8, 4) is 0 Å². The molecule has 0 spiro atoms. The van der Waals surface area contributed by atoms with Crippen LogP contribution in [0.15, 0.2) is 11.1 Å². The minimum absolute atomic E-state index is 0.0774. The zero-order valence-electron chi connectivity index (χ0n) is 22.6. The first kappa shape index (κ1) is 29.1. The number of hydrogen-bond donors (Lipinski definition) is 2. The maximum absolute atomic E-state index is 12.5. The average molecular weight is 536 g/mol. The van der Waals surface area contributed by atoms with Crippen LogP contribution < -0.4 is 10.9 Å². The summed E-state index contributed by atoms with van der Waals surface area (Å²) < 4.78 is 22.5. The van der Waals surface area contributed by atoms with Gasteiger partial charge < -0.3 is 18.6 Å². The van der Waals surface area contributed by atoms with Gasteiger partial charge in [-0.25, -0.2) is 16.2 Å². The number of aromatic nitrogens is 4. The van der Waals surface area contributed by atoms with Crippen LogP contribution in [-0.4, -0.2) is 68.0 Å². The molecule has 1 amide bonds. The van der Waals surface area contributed by atoms with Gasteiger partial charge >= 0.3 is 0 Å². The normalized spacial score (nSPS) is 20.9. The Balaban J connectivity index is 1.75. The SMILES string of the molecule is [C-]#[N+]CCOP(OC[C@H]1O[C@@H](n2cnc3c(=O)[nH]c(NC(=O)C(C)C)nc32)C[C@@H]1C)N(C(C)C)C(C)C. The summed E-state index contributed by atoms with van der Waals surface area (Å²) in [6.07, 6.45) is 1.62. The molecule has 1 fully saturated rings. The van der Waals surface area contributed by atoms with Crippen molar-refractivity contribution in [1.29, 1.82) is 0 Å². The Morgan fingerprint density at radius 2 is 2.03 bits per heavy atom. The van der Waals surface area contributed by atoms with Gasteiger partial charge in [0.2, 0.25) is 18.4 Å². The smallest absolute Gasteiger partial charge is 0.280 e. The van der Waals surface area contributed by atoms with Crippen molar-refractivity contribution in [2.75, 3.05) is 25.1 Å². The molecule has 12 nitrogen and oxygen atoms in total. The molecule has 2 aromatic rings. The van der Waals surface area contributed by atoms with E-state index in [1.807, 2.05) is 0 Å². The summed E-state index contributed by atoms with van der Waals surface area (Å²) in [7, 11) is -1.37. The second-order valence-electron chi connectivity index (χ2n) is 10.0. The number of anilines is 1. The number of hydrogen-bond acceptors (Lipinski definition) is 8. The summed E-state index contributed by atoms with van der Waals surface area (Å²) in [6.45, 7) is 21.9. The number of imidazole rings is 1. The van der Waals surface area contributed by atoms with E-state index in [1.54, 1.807) is 24.7 Å². The van der Waals surface area contributed by atoms with Crippen molar-refractivity contribution in [2.24, 2.45) is 11.8 Å². The standard InChI is InChI=1S/C24H38N7O5P/c1-14(2)22(32)28-24-27-21-20(23(33)29-24)26-13-30(21)19-11-17(7)18(36-19)12-35-37(34-10-9-25-8)31(15(3)4)16(5)6/h13-19H,9-12H2,1-7H3,(H2,27,28,29,32,33)/t17-,18+,19+,37?/m0/s1. The van der Waals surface area contributed by atoms with E-state index in [0.717, 1.165) is 0 Å². The number of carbonyl (C=O) groups excluding carboxylic acids is 1. The lowest BCUT2D eigenvalue weighted by atomic mass is 10.0. The molecule has 204 valence electrons. The van der Waals surface area contributed by atoms with Gasteiger partial charge in [0.25, 0.3) is 14.1 Å². The van der Waals surface area contributed by atoms with E-state index in [-0.39, 0.29) is 53.9 Å². The lowest BCUT2D eigenvalue weighted by molar-refractivity contribution is -0.118. The molecule has 1 saturated heterocycles. The summed E-state index contributed by atoms with van der Waals surface area (Å²) >= 11 is 0. The Morgan fingerprint density at radius 3 is 2.65 bits per heavy atom. The van der Waals surface area contributed by atoms with E-state index in [2.05, 4.69) is 64.4 Å². The van der Waals surface area contributed by atoms with E-state index in [4.69, 9.17) is 20.4 Å². The maximum atomic E-state index is 12.5. The van der Waals surface area contributed by atoms with Gasteiger partial charge in [0.05, 0.1) is 19.0 Å². The maximum Gasteiger partial charge on any atom is 0.280 e. The van der Waals surface area contributed by atoms with Gasteiger partial charge in [-0.3, -0.25) is 24.5 Å². The Morgan fingerprint density at radius 1 is 1.32 bits per heavy atom. The van der Waals surface area contributed by atoms with Gasteiger partial charge in [-0.15, -0.1) is 0 Å². The van der Waals surface area contributed by atoms with E-state index in [0.29, 0.717) is 25.3 Å². The summed E-state index contributed by atoms with van der Waals surface area (Å²) in [5, 5.41) is 2.64. The second kappa shape index (κ2) is 12.9. The number of nitrogens with one attached hydrogen (secondary N) is 2. The highest BCUT2D eigenvalue weighted by molar-refractivity contribution is 7.44. The highest BCUT2D eigenvalue weighted by Gasteiger charge is 2.36. The fourth-order valence-corrected chi connectivity index (χ4v) is 5.75. The molecule has 0 aliphatic carbocycles. The zero-order chi connectivity index (χ0) is 27.3. The fourth-order valence-electron chi connectivity index (χ4n) is 4.15. The molecule has 0 bridgehead atoms. The molecule has 0 radical (unpaired) electrons. The Hall–Kier alpha value is -2.42. The highest BCUT2D eigenvalue weighted by Crippen LogP contribution is 2.47. The van der Waals surface area contributed by atoms with Gasteiger partial charge in [0.1, 0.15) is 12.8 Å². The van der Waals surface area contributed by atoms with Gasteiger partial charge in [0.15, 0.2) is 11.2 Å². The third kappa shape index (κ3) is 7.12. The van der Waals surface area contributed by atoms with Crippen molar-refractivity contribution in [3.05, 3.63) is 28.1 Å². The van der Waals surface area contributed by atoms with Crippen LogP contribution in [0.4, 0.5) is 5.95 Å². The third-order valence-corrected chi connectivity index (χ3v) is 8.12. The number of fused-ring (bicyclic) bond motifs is 1. The van der Waals surface area contributed by atoms with Gasteiger partial charge in [-0.05, 0) is 40.0 Å². The summed E-state index contributed by atoms with van der Waals surface area (Å²) in [4.78, 5) is 39.3. The molecule has 13 heteroatoms. The lowest BCUT2D eigenvalue weighted by Crippen LogP contribution is -2.34. The van der Waals surface area contributed by atoms with Crippen LogP contribution in [0.1, 0.15) is 61.1 Å². The Kier molecular flexibility index (Phi) is 10.2. The first-order valence-corrected chi connectivity index (χ1v) is 13.8. The first-order valence-electron chi connectivity index (χ1n) is 12.6. The van der Waals surface area contributed by atoms with E-state index in [9.17, 15) is 9.59 Å². The number of carbonyl (C=O) groups is 1. The van der Waals surface area contributed by atoms with E-state index < -0.39 is 20.3 Å². The molecule has 1 unspecified atom stereocenters. The van der Waals surface area contributed by atoms with Crippen molar-refractivity contribution in [1.82, 2.24) is 24.2 Å². The second-order valence-corrected chi connectivity index (χ2v) is 11.5. The first-order chi connectivity index (χ1) is 17.5. The number of ether oxygens (including phenoxy) is 1. The summed E-state index contributed by atoms with van der Waals surface area (Å²) in [6, 6.07) is 0.418. The molecule has 0 aromatic carbocycles. The fraction of sp³-hybridized carbons (Fsp3) is 0.708. The molecule has 3 rings (SSSR count). The minimum Gasteiger partial charge on any atom is -0.352 e. The summed E-state index contributed by atoms with van der Waals surface area (Å²) in [5.41, 5.74) is 0.0928. The minimum atomic E-state index is -1.37. The number of aromatic amines is 1. The highest BCUT2D eigenvalue weighted by atomic mass is 31.2. The Bertz CT molecular complexity index is 1150. The molecule has 3 heterocycles. The van der Waals surface area contributed by atoms with Crippen LogP contribution in [-0.2, 0) is 18.6 Å². The number of nitrogens with zero attached hydrogens (tertiary/aromatic N) is 5. The van der Waals surface area contributed by atoms with Crippen LogP contribution >= 0.6 is 8.53 Å². The molecule has 37 heavy (non-hydrogen) atoms. The largest absolute Gasteiger partial charge is 0.352 e. The van der Waals surface area contributed by atoms with Crippen LogP contribution in [0.2, 0.25) is 0 Å². The molecule has 0 saturated carbocycles. The van der Waals surface area contributed by atoms with Crippen LogP contribution in [0.3, 0.4) is 0 Å². The van der Waals surface area contributed by atoms with Gasteiger partial charge in [0, 0.05) is 18.0 Å². The molecule has 4 atom stereocenters. The molecular weight excluding hydrogens is 497 g/mol. The number of amides is 1. The molecular formula is C24H38N7O5P. The average Bonchev–Trinajstić information content (AvgIpc) is 3.40. The number of H-pyrrole nitrogens is 1. The topological polar surface area (TPSA) is 128 Å². The lowest BCUT2D eigenvalue weighted by Gasteiger charge is -2.36. The molecule has 2 aromatic heterocycles. The predicted molar refractivity (Wildman–Crippen MR) is 142 cm³/mol.